The lowest BCUT2D eigenvalue weighted by Gasteiger charge is -2.13. The van der Waals surface area contributed by atoms with Crippen molar-refractivity contribution in [1.82, 2.24) is 0 Å². The fourth-order valence-electron chi connectivity index (χ4n) is 2.79. The van der Waals surface area contributed by atoms with Crippen molar-refractivity contribution < 1.29 is 14.2 Å². The second-order valence-corrected chi connectivity index (χ2v) is 5.69. The summed E-state index contributed by atoms with van der Waals surface area (Å²) in [6.07, 6.45) is 1.42. The Balaban J connectivity index is 1.94. The molecule has 1 aliphatic rings. The Kier molecular flexibility index (Phi) is 3.43. The van der Waals surface area contributed by atoms with Gasteiger partial charge in [0.2, 0.25) is 6.79 Å². The number of benzene rings is 2. The molecule has 2 heterocycles. The number of anilines is 1. The third-order valence-electron chi connectivity index (χ3n) is 3.87. The first-order valence-corrected chi connectivity index (χ1v) is 7.61. The van der Waals surface area contributed by atoms with Crippen LogP contribution in [-0.4, -0.2) is 6.79 Å². The Hall–Kier alpha value is -2.92. The SMILES string of the molecule is Nc1c(-c2cc[c]c(Cl)c2)cc[n+]([O-])c1-c1cccc2c1OCO2. The van der Waals surface area contributed by atoms with Crippen LogP contribution in [0.3, 0.4) is 0 Å². The molecule has 5 nitrogen and oxygen atoms in total. The van der Waals surface area contributed by atoms with Gasteiger partial charge >= 0.3 is 0 Å². The molecule has 1 aromatic heterocycles. The van der Waals surface area contributed by atoms with Crippen LogP contribution in [0.5, 0.6) is 11.5 Å². The van der Waals surface area contributed by atoms with Gasteiger partial charge in [0.1, 0.15) is 5.69 Å². The zero-order valence-electron chi connectivity index (χ0n) is 12.5. The van der Waals surface area contributed by atoms with Crippen LogP contribution in [-0.2, 0) is 0 Å². The number of aromatic nitrogens is 1. The highest BCUT2D eigenvalue weighted by Crippen LogP contribution is 2.43. The normalized spacial score (nSPS) is 12.4. The number of nitrogens with two attached hydrogens (primary N) is 1. The Labute approximate surface area is 143 Å². The Bertz CT molecular complexity index is 944. The zero-order chi connectivity index (χ0) is 16.7. The zero-order valence-corrected chi connectivity index (χ0v) is 13.2. The van der Waals surface area contributed by atoms with E-state index in [0.29, 0.717) is 39.0 Å². The van der Waals surface area contributed by atoms with E-state index in [-0.39, 0.29) is 6.79 Å². The Morgan fingerprint density at radius 2 is 2.04 bits per heavy atom. The number of para-hydroxylation sites is 1. The van der Waals surface area contributed by atoms with Gasteiger partial charge in [-0.1, -0.05) is 29.8 Å². The van der Waals surface area contributed by atoms with E-state index in [4.69, 9.17) is 26.8 Å². The van der Waals surface area contributed by atoms with Crippen LogP contribution in [0.1, 0.15) is 0 Å². The standard InChI is InChI=1S/C18H12ClN2O3/c19-12-4-1-3-11(9-12)13-7-8-21(22)17(16(13)20)14-5-2-6-15-18(14)24-10-23-15/h1-3,5-9H,10,20H2. The quantitative estimate of drug-likeness (QED) is 0.573. The van der Waals surface area contributed by atoms with Gasteiger partial charge in [-0.05, 0) is 23.8 Å². The molecule has 0 amide bonds. The first-order valence-electron chi connectivity index (χ1n) is 7.23. The third-order valence-corrected chi connectivity index (χ3v) is 4.09. The van der Waals surface area contributed by atoms with E-state index in [9.17, 15) is 5.21 Å². The number of halogens is 1. The minimum Gasteiger partial charge on any atom is -0.618 e. The molecule has 0 spiro atoms. The average molecular weight is 340 g/mol. The molecule has 119 valence electrons. The molecule has 1 radical (unpaired) electrons. The van der Waals surface area contributed by atoms with Crippen LogP contribution in [0.4, 0.5) is 5.69 Å². The summed E-state index contributed by atoms with van der Waals surface area (Å²) in [5, 5.41) is 12.9. The van der Waals surface area contributed by atoms with E-state index in [1.807, 2.05) is 6.07 Å². The largest absolute Gasteiger partial charge is 0.618 e. The number of pyridine rings is 1. The monoisotopic (exact) mass is 339 g/mol. The maximum absolute atomic E-state index is 12.4. The number of hydrogen-bond donors (Lipinski definition) is 1. The van der Waals surface area contributed by atoms with E-state index in [1.165, 1.54) is 6.20 Å². The summed E-state index contributed by atoms with van der Waals surface area (Å²) < 4.78 is 11.6. The highest BCUT2D eigenvalue weighted by Gasteiger charge is 2.26. The third kappa shape index (κ3) is 2.30. The number of fused-ring (bicyclic) bond motifs is 1. The van der Waals surface area contributed by atoms with Crippen LogP contribution in [0.25, 0.3) is 22.4 Å². The van der Waals surface area contributed by atoms with Crippen LogP contribution in [0.2, 0.25) is 5.02 Å². The maximum Gasteiger partial charge on any atom is 0.251 e. The maximum atomic E-state index is 12.4. The number of ether oxygens (including phenoxy) is 2. The van der Waals surface area contributed by atoms with Gasteiger partial charge < -0.3 is 20.4 Å². The van der Waals surface area contributed by atoms with E-state index in [1.54, 1.807) is 36.4 Å². The fourth-order valence-corrected chi connectivity index (χ4v) is 2.97. The molecule has 0 fully saturated rings. The van der Waals surface area contributed by atoms with Crippen molar-refractivity contribution in [3.8, 4) is 33.9 Å². The van der Waals surface area contributed by atoms with Crippen LogP contribution >= 0.6 is 11.6 Å². The van der Waals surface area contributed by atoms with Gasteiger partial charge in [0.05, 0.1) is 5.56 Å². The molecule has 24 heavy (non-hydrogen) atoms. The predicted octanol–water partition coefficient (Wildman–Crippen LogP) is 3.42. The molecule has 0 atom stereocenters. The van der Waals surface area contributed by atoms with Gasteiger partial charge in [0.25, 0.3) is 5.69 Å². The molecular formula is C18H12ClN2O3. The minimum atomic E-state index is 0.120. The van der Waals surface area contributed by atoms with Crippen molar-refractivity contribution in [1.29, 1.82) is 0 Å². The van der Waals surface area contributed by atoms with E-state index >= 15 is 0 Å². The summed E-state index contributed by atoms with van der Waals surface area (Å²) in [7, 11) is 0. The van der Waals surface area contributed by atoms with Crippen molar-refractivity contribution in [3.63, 3.8) is 0 Å². The molecule has 0 unspecified atom stereocenters. The van der Waals surface area contributed by atoms with Crippen LogP contribution in [0.15, 0.2) is 48.7 Å². The lowest BCUT2D eigenvalue weighted by atomic mass is 10.00. The smallest absolute Gasteiger partial charge is 0.251 e. The fraction of sp³-hybridized carbons (Fsp3) is 0.0556. The first-order chi connectivity index (χ1) is 11.6. The van der Waals surface area contributed by atoms with E-state index in [0.717, 1.165) is 10.3 Å². The van der Waals surface area contributed by atoms with E-state index in [2.05, 4.69) is 6.07 Å². The molecule has 4 rings (SSSR count). The van der Waals surface area contributed by atoms with Gasteiger partial charge in [-0.3, -0.25) is 0 Å². The predicted molar refractivity (Wildman–Crippen MR) is 90.7 cm³/mol. The summed E-state index contributed by atoms with van der Waals surface area (Å²) in [5.41, 5.74) is 9.10. The van der Waals surface area contributed by atoms with Gasteiger partial charge in [-0.2, -0.15) is 4.73 Å². The van der Waals surface area contributed by atoms with Crippen molar-refractivity contribution in [3.05, 3.63) is 65.0 Å². The van der Waals surface area contributed by atoms with Gasteiger partial charge in [0, 0.05) is 22.7 Å². The highest BCUT2D eigenvalue weighted by atomic mass is 35.5. The first kappa shape index (κ1) is 14.7. The van der Waals surface area contributed by atoms with Crippen molar-refractivity contribution in [2.45, 2.75) is 0 Å². The van der Waals surface area contributed by atoms with Crippen molar-refractivity contribution in [2.75, 3.05) is 12.5 Å². The van der Waals surface area contributed by atoms with Crippen molar-refractivity contribution in [2.24, 2.45) is 0 Å². The molecule has 2 aromatic carbocycles. The second-order valence-electron chi connectivity index (χ2n) is 5.28. The molecule has 1 aliphatic heterocycles. The molecule has 6 heteroatoms. The van der Waals surface area contributed by atoms with E-state index < -0.39 is 0 Å². The average Bonchev–Trinajstić information content (AvgIpc) is 3.04. The number of nitrogen functional groups attached to an aromatic ring is 1. The summed E-state index contributed by atoms with van der Waals surface area (Å²) in [6.45, 7) is 0.120. The van der Waals surface area contributed by atoms with Gasteiger partial charge in [-0.15, -0.1) is 0 Å². The van der Waals surface area contributed by atoms with Crippen molar-refractivity contribution >= 4 is 17.3 Å². The molecule has 0 saturated heterocycles. The Morgan fingerprint density at radius 1 is 1.17 bits per heavy atom. The molecule has 0 saturated carbocycles. The Morgan fingerprint density at radius 3 is 2.88 bits per heavy atom. The summed E-state index contributed by atoms with van der Waals surface area (Å²) in [5.74, 6) is 1.11. The number of hydrogen-bond acceptors (Lipinski definition) is 4. The molecule has 2 N–H and O–H groups in total. The lowest BCUT2D eigenvalue weighted by Crippen LogP contribution is -2.30. The number of rotatable bonds is 2. The molecule has 0 aliphatic carbocycles. The lowest BCUT2D eigenvalue weighted by molar-refractivity contribution is -0.592. The molecular weight excluding hydrogens is 328 g/mol. The summed E-state index contributed by atoms with van der Waals surface area (Å²) >= 11 is 6.01. The van der Waals surface area contributed by atoms with Gasteiger partial charge in [-0.25, -0.2) is 0 Å². The number of nitrogens with zero attached hydrogens (tertiary/aromatic N) is 1. The topological polar surface area (TPSA) is 71.4 Å². The van der Waals surface area contributed by atoms with Crippen LogP contribution in [0, 0.1) is 11.3 Å². The summed E-state index contributed by atoms with van der Waals surface area (Å²) in [4.78, 5) is 0. The molecule has 0 bridgehead atoms. The van der Waals surface area contributed by atoms with Crippen LogP contribution < -0.4 is 19.9 Å². The minimum absolute atomic E-state index is 0.120. The summed E-state index contributed by atoms with van der Waals surface area (Å²) in [6, 6.07) is 15.2. The van der Waals surface area contributed by atoms with Gasteiger partial charge in [0.15, 0.2) is 17.7 Å². The highest BCUT2D eigenvalue weighted by molar-refractivity contribution is 6.30. The second kappa shape index (κ2) is 5.62. The molecule has 3 aromatic rings.